The van der Waals surface area contributed by atoms with Gasteiger partial charge in [-0.25, -0.2) is 0 Å². The Morgan fingerprint density at radius 3 is 2.90 bits per heavy atom. The largest absolute Gasteiger partial charge is 0.496 e. The van der Waals surface area contributed by atoms with Gasteiger partial charge in [-0.2, -0.15) is 0 Å². The Balaban J connectivity index is 2.12. The molecule has 1 saturated heterocycles. The third-order valence-corrected chi connectivity index (χ3v) is 3.98. The average molecular weight is 277 g/mol. The van der Waals surface area contributed by atoms with E-state index in [1.807, 2.05) is 19.1 Å². The van der Waals surface area contributed by atoms with Gasteiger partial charge in [-0.15, -0.1) is 0 Å². The van der Waals surface area contributed by atoms with E-state index >= 15 is 0 Å². The first-order valence-corrected chi connectivity index (χ1v) is 6.93. The first kappa shape index (κ1) is 14.8. The number of likely N-dealkylation sites (tertiary alicyclic amines) is 1. The Hall–Kier alpha value is -1.59. The Bertz CT molecular complexity index is 488. The van der Waals surface area contributed by atoms with Gasteiger partial charge in [-0.05, 0) is 44.0 Å². The molecular weight excluding hydrogens is 254 g/mol. The van der Waals surface area contributed by atoms with Gasteiger partial charge in [0.15, 0.2) is 0 Å². The van der Waals surface area contributed by atoms with Crippen LogP contribution in [0.15, 0.2) is 18.2 Å². The minimum atomic E-state index is -0.259. The zero-order chi connectivity index (χ0) is 14.7. The SMILES string of the molecule is COc1ccc(C(=N)N)cc1CN1CCC(C(C)O)C1. The molecule has 0 aromatic heterocycles. The molecule has 2 unspecified atom stereocenters. The van der Waals surface area contributed by atoms with Crippen molar-refractivity contribution in [2.75, 3.05) is 20.2 Å². The molecule has 5 nitrogen and oxygen atoms in total. The molecule has 5 heteroatoms. The second kappa shape index (κ2) is 6.24. The molecule has 1 aliphatic rings. The number of nitrogens with zero attached hydrogens (tertiary/aromatic N) is 1. The topological polar surface area (TPSA) is 82.6 Å². The number of aliphatic hydroxyl groups excluding tert-OH is 1. The van der Waals surface area contributed by atoms with Crippen LogP contribution >= 0.6 is 0 Å². The van der Waals surface area contributed by atoms with E-state index in [9.17, 15) is 5.11 Å². The molecule has 0 saturated carbocycles. The predicted molar refractivity (Wildman–Crippen MR) is 79.1 cm³/mol. The third kappa shape index (κ3) is 3.29. The lowest BCUT2D eigenvalue weighted by atomic mass is 10.0. The first-order valence-electron chi connectivity index (χ1n) is 6.93. The van der Waals surface area contributed by atoms with Crippen LogP contribution in [-0.4, -0.2) is 42.1 Å². The highest BCUT2D eigenvalue weighted by Gasteiger charge is 2.26. The van der Waals surface area contributed by atoms with Crippen LogP contribution in [0.5, 0.6) is 5.75 Å². The van der Waals surface area contributed by atoms with E-state index in [1.54, 1.807) is 13.2 Å². The summed E-state index contributed by atoms with van der Waals surface area (Å²) in [5.41, 5.74) is 7.29. The molecule has 1 aromatic carbocycles. The molecular formula is C15H23N3O2. The standard InChI is InChI=1S/C15H23N3O2/c1-10(19)12-5-6-18(8-12)9-13-7-11(15(16)17)3-4-14(13)20-2/h3-4,7,10,12,19H,5-6,8-9H2,1-2H3,(H3,16,17). The second-order valence-electron chi connectivity index (χ2n) is 5.46. The number of ether oxygens (including phenoxy) is 1. The van der Waals surface area contributed by atoms with Gasteiger partial charge >= 0.3 is 0 Å². The quantitative estimate of drug-likeness (QED) is 0.557. The predicted octanol–water partition coefficient (Wildman–Crippen LogP) is 1.18. The molecule has 4 N–H and O–H groups in total. The van der Waals surface area contributed by atoms with Gasteiger partial charge in [0.1, 0.15) is 11.6 Å². The molecule has 1 heterocycles. The Morgan fingerprint density at radius 1 is 1.60 bits per heavy atom. The number of benzene rings is 1. The molecule has 110 valence electrons. The van der Waals surface area contributed by atoms with E-state index < -0.39 is 0 Å². The molecule has 2 rings (SSSR count). The fourth-order valence-electron chi connectivity index (χ4n) is 2.71. The summed E-state index contributed by atoms with van der Waals surface area (Å²) in [5, 5.41) is 17.2. The maximum atomic E-state index is 9.66. The van der Waals surface area contributed by atoms with Gasteiger partial charge in [0.25, 0.3) is 0 Å². The van der Waals surface area contributed by atoms with E-state index in [0.29, 0.717) is 11.5 Å². The number of rotatable bonds is 5. The fraction of sp³-hybridized carbons (Fsp3) is 0.533. The normalized spacial score (nSPS) is 20.9. The maximum absolute atomic E-state index is 9.66. The molecule has 1 aliphatic heterocycles. The van der Waals surface area contributed by atoms with Crippen molar-refractivity contribution < 1.29 is 9.84 Å². The lowest BCUT2D eigenvalue weighted by Gasteiger charge is -2.19. The molecule has 20 heavy (non-hydrogen) atoms. The maximum Gasteiger partial charge on any atom is 0.123 e. The number of hydrogen-bond acceptors (Lipinski definition) is 4. The van der Waals surface area contributed by atoms with Crippen molar-refractivity contribution in [1.29, 1.82) is 5.41 Å². The van der Waals surface area contributed by atoms with Crippen molar-refractivity contribution in [2.45, 2.75) is 26.0 Å². The van der Waals surface area contributed by atoms with Crippen LogP contribution in [0, 0.1) is 11.3 Å². The number of hydrogen-bond donors (Lipinski definition) is 3. The highest BCUT2D eigenvalue weighted by atomic mass is 16.5. The highest BCUT2D eigenvalue weighted by molar-refractivity contribution is 5.95. The van der Waals surface area contributed by atoms with E-state index in [0.717, 1.165) is 37.4 Å². The Labute approximate surface area is 119 Å². The van der Waals surface area contributed by atoms with Crippen LogP contribution in [0.4, 0.5) is 0 Å². The summed E-state index contributed by atoms with van der Waals surface area (Å²) in [7, 11) is 1.65. The van der Waals surface area contributed by atoms with Gasteiger partial charge in [0.05, 0.1) is 13.2 Å². The van der Waals surface area contributed by atoms with Crippen LogP contribution in [0.25, 0.3) is 0 Å². The first-order chi connectivity index (χ1) is 9.51. The minimum absolute atomic E-state index is 0.0668. The van der Waals surface area contributed by atoms with Crippen LogP contribution in [0.3, 0.4) is 0 Å². The zero-order valence-corrected chi connectivity index (χ0v) is 12.1. The summed E-state index contributed by atoms with van der Waals surface area (Å²) in [6.07, 6.45) is 0.761. The Morgan fingerprint density at radius 2 is 2.35 bits per heavy atom. The third-order valence-electron chi connectivity index (χ3n) is 3.98. The zero-order valence-electron chi connectivity index (χ0n) is 12.1. The van der Waals surface area contributed by atoms with Crippen LogP contribution in [-0.2, 0) is 6.54 Å². The van der Waals surface area contributed by atoms with E-state index in [2.05, 4.69) is 4.90 Å². The summed E-state index contributed by atoms with van der Waals surface area (Å²) in [6.45, 7) is 4.48. The summed E-state index contributed by atoms with van der Waals surface area (Å²) in [5.74, 6) is 1.23. The lowest BCUT2D eigenvalue weighted by Crippen LogP contribution is -2.24. The number of nitrogen functional groups attached to an aromatic ring is 1. The Kier molecular flexibility index (Phi) is 4.62. The highest BCUT2D eigenvalue weighted by Crippen LogP contribution is 2.26. The number of nitrogens with one attached hydrogen (secondary N) is 1. The van der Waals surface area contributed by atoms with Crippen LogP contribution in [0.2, 0.25) is 0 Å². The molecule has 1 fully saturated rings. The second-order valence-corrected chi connectivity index (χ2v) is 5.46. The van der Waals surface area contributed by atoms with Crippen molar-refractivity contribution in [3.8, 4) is 5.75 Å². The van der Waals surface area contributed by atoms with Crippen molar-refractivity contribution >= 4 is 5.84 Å². The van der Waals surface area contributed by atoms with Crippen molar-refractivity contribution in [3.05, 3.63) is 29.3 Å². The van der Waals surface area contributed by atoms with Gasteiger partial charge in [0.2, 0.25) is 0 Å². The number of amidine groups is 1. The summed E-state index contributed by atoms with van der Waals surface area (Å²) < 4.78 is 5.38. The van der Waals surface area contributed by atoms with E-state index in [1.165, 1.54) is 0 Å². The smallest absolute Gasteiger partial charge is 0.123 e. The van der Waals surface area contributed by atoms with Crippen LogP contribution in [0.1, 0.15) is 24.5 Å². The molecule has 0 bridgehead atoms. The van der Waals surface area contributed by atoms with Gasteiger partial charge in [-0.3, -0.25) is 10.3 Å². The summed E-state index contributed by atoms with van der Waals surface area (Å²) in [4.78, 5) is 2.30. The van der Waals surface area contributed by atoms with Gasteiger partial charge in [0, 0.05) is 24.2 Å². The van der Waals surface area contributed by atoms with E-state index in [4.69, 9.17) is 15.9 Å². The molecule has 0 radical (unpaired) electrons. The minimum Gasteiger partial charge on any atom is -0.496 e. The van der Waals surface area contributed by atoms with Crippen molar-refractivity contribution in [2.24, 2.45) is 11.7 Å². The molecule has 1 aromatic rings. The summed E-state index contributed by atoms with van der Waals surface area (Å²) >= 11 is 0. The average Bonchev–Trinajstić information content (AvgIpc) is 2.87. The monoisotopic (exact) mass is 277 g/mol. The van der Waals surface area contributed by atoms with E-state index in [-0.39, 0.29) is 11.9 Å². The molecule has 0 spiro atoms. The lowest BCUT2D eigenvalue weighted by molar-refractivity contribution is 0.127. The van der Waals surface area contributed by atoms with Crippen molar-refractivity contribution in [3.63, 3.8) is 0 Å². The molecule has 2 atom stereocenters. The molecule has 0 amide bonds. The molecule has 0 aliphatic carbocycles. The van der Waals surface area contributed by atoms with Crippen LogP contribution < -0.4 is 10.5 Å². The van der Waals surface area contributed by atoms with Gasteiger partial charge in [-0.1, -0.05) is 0 Å². The number of nitrogens with two attached hydrogens (primary N) is 1. The van der Waals surface area contributed by atoms with Gasteiger partial charge < -0.3 is 15.6 Å². The van der Waals surface area contributed by atoms with Crippen molar-refractivity contribution in [1.82, 2.24) is 4.90 Å². The fourth-order valence-corrected chi connectivity index (χ4v) is 2.71. The number of methoxy groups -OCH3 is 1. The number of aliphatic hydroxyl groups is 1. The summed E-state index contributed by atoms with van der Waals surface area (Å²) in [6, 6.07) is 5.57.